The standard InChI is InChI=1S/C12H18N2O/c1-8(2)14-12-5-6-13-11-4-3-9(15)7-10(11)12/h3-4,7-8,12-15H,5-6H2,1-2H3. The van der Waals surface area contributed by atoms with Crippen molar-refractivity contribution < 1.29 is 5.11 Å². The maximum Gasteiger partial charge on any atom is 0.116 e. The predicted octanol–water partition coefficient (Wildman–Crippen LogP) is 2.25. The highest BCUT2D eigenvalue weighted by Crippen LogP contribution is 2.32. The van der Waals surface area contributed by atoms with Crippen LogP contribution in [0.15, 0.2) is 18.2 Å². The van der Waals surface area contributed by atoms with Gasteiger partial charge in [-0.3, -0.25) is 0 Å². The van der Waals surface area contributed by atoms with Gasteiger partial charge in [0.2, 0.25) is 0 Å². The average Bonchev–Trinajstić information content (AvgIpc) is 2.18. The summed E-state index contributed by atoms with van der Waals surface area (Å²) in [6, 6.07) is 6.33. The van der Waals surface area contributed by atoms with Crippen molar-refractivity contribution in [2.24, 2.45) is 0 Å². The Labute approximate surface area is 90.5 Å². The lowest BCUT2D eigenvalue weighted by Gasteiger charge is -2.29. The predicted molar refractivity (Wildman–Crippen MR) is 62.2 cm³/mol. The van der Waals surface area contributed by atoms with E-state index in [2.05, 4.69) is 24.5 Å². The van der Waals surface area contributed by atoms with Gasteiger partial charge in [-0.2, -0.15) is 0 Å². The Morgan fingerprint density at radius 1 is 1.47 bits per heavy atom. The summed E-state index contributed by atoms with van der Waals surface area (Å²) >= 11 is 0. The van der Waals surface area contributed by atoms with Gasteiger partial charge in [0.1, 0.15) is 5.75 Å². The fourth-order valence-corrected chi connectivity index (χ4v) is 2.08. The van der Waals surface area contributed by atoms with Gasteiger partial charge in [-0.15, -0.1) is 0 Å². The lowest BCUT2D eigenvalue weighted by molar-refractivity contribution is 0.444. The maximum atomic E-state index is 9.48. The number of benzene rings is 1. The minimum Gasteiger partial charge on any atom is -0.508 e. The van der Waals surface area contributed by atoms with E-state index in [9.17, 15) is 5.11 Å². The molecule has 1 aliphatic rings. The summed E-state index contributed by atoms with van der Waals surface area (Å²) in [7, 11) is 0. The maximum absolute atomic E-state index is 9.48. The molecule has 3 nitrogen and oxygen atoms in total. The van der Waals surface area contributed by atoms with Crippen LogP contribution in [0.5, 0.6) is 5.75 Å². The van der Waals surface area contributed by atoms with Gasteiger partial charge >= 0.3 is 0 Å². The van der Waals surface area contributed by atoms with Crippen LogP contribution >= 0.6 is 0 Å². The molecule has 1 heterocycles. The largest absolute Gasteiger partial charge is 0.508 e. The summed E-state index contributed by atoms with van der Waals surface area (Å²) in [6.07, 6.45) is 1.06. The molecule has 0 amide bonds. The van der Waals surface area contributed by atoms with Crippen LogP contribution in [0.2, 0.25) is 0 Å². The number of aromatic hydroxyl groups is 1. The third-order valence-electron chi connectivity index (χ3n) is 2.69. The minimum atomic E-state index is 0.341. The Kier molecular flexibility index (Phi) is 2.82. The fourth-order valence-electron chi connectivity index (χ4n) is 2.08. The summed E-state index contributed by atoms with van der Waals surface area (Å²) in [5.41, 5.74) is 2.31. The molecular weight excluding hydrogens is 188 g/mol. The van der Waals surface area contributed by atoms with Crippen molar-refractivity contribution in [3.63, 3.8) is 0 Å². The van der Waals surface area contributed by atoms with Gasteiger partial charge < -0.3 is 15.7 Å². The number of anilines is 1. The van der Waals surface area contributed by atoms with Crippen molar-refractivity contribution in [3.05, 3.63) is 23.8 Å². The van der Waals surface area contributed by atoms with Gasteiger partial charge in [-0.25, -0.2) is 0 Å². The molecule has 1 aromatic rings. The van der Waals surface area contributed by atoms with E-state index in [0.29, 0.717) is 17.8 Å². The molecule has 0 radical (unpaired) electrons. The number of phenolic OH excluding ortho intramolecular Hbond substituents is 1. The van der Waals surface area contributed by atoms with Gasteiger partial charge in [-0.05, 0) is 30.2 Å². The van der Waals surface area contributed by atoms with E-state index in [1.807, 2.05) is 12.1 Å². The van der Waals surface area contributed by atoms with Gasteiger partial charge in [0.25, 0.3) is 0 Å². The molecule has 1 atom stereocenters. The van der Waals surface area contributed by atoms with Crippen LogP contribution in [0.4, 0.5) is 5.69 Å². The molecule has 0 saturated heterocycles. The Hall–Kier alpha value is -1.22. The zero-order valence-electron chi connectivity index (χ0n) is 9.25. The van der Waals surface area contributed by atoms with E-state index in [-0.39, 0.29) is 0 Å². The SMILES string of the molecule is CC(C)NC1CCNc2ccc(O)cc21. The molecule has 0 aromatic heterocycles. The Morgan fingerprint density at radius 3 is 3.00 bits per heavy atom. The molecule has 0 aliphatic carbocycles. The quantitative estimate of drug-likeness (QED) is 0.650. The number of nitrogens with one attached hydrogen (secondary N) is 2. The second-order valence-electron chi connectivity index (χ2n) is 4.36. The van der Waals surface area contributed by atoms with Crippen molar-refractivity contribution in [1.82, 2.24) is 5.32 Å². The first-order valence-electron chi connectivity index (χ1n) is 5.49. The van der Waals surface area contributed by atoms with Crippen LogP contribution in [0.3, 0.4) is 0 Å². The van der Waals surface area contributed by atoms with E-state index in [0.717, 1.165) is 18.7 Å². The topological polar surface area (TPSA) is 44.3 Å². The van der Waals surface area contributed by atoms with E-state index >= 15 is 0 Å². The first kappa shape index (κ1) is 10.3. The summed E-state index contributed by atoms with van der Waals surface area (Å²) in [4.78, 5) is 0. The van der Waals surface area contributed by atoms with Crippen LogP contribution in [-0.2, 0) is 0 Å². The third kappa shape index (κ3) is 2.23. The molecule has 1 aliphatic heterocycles. The number of phenols is 1. The van der Waals surface area contributed by atoms with E-state index in [1.54, 1.807) is 6.07 Å². The molecule has 15 heavy (non-hydrogen) atoms. The Balaban J connectivity index is 2.28. The first-order valence-corrected chi connectivity index (χ1v) is 5.49. The summed E-state index contributed by atoms with van der Waals surface area (Å²) in [5, 5.41) is 16.3. The lowest BCUT2D eigenvalue weighted by Crippen LogP contribution is -2.32. The molecule has 0 bridgehead atoms. The third-order valence-corrected chi connectivity index (χ3v) is 2.69. The molecular formula is C12H18N2O. The highest BCUT2D eigenvalue weighted by atomic mass is 16.3. The molecule has 1 aromatic carbocycles. The number of hydrogen-bond donors (Lipinski definition) is 3. The van der Waals surface area contributed by atoms with Crippen molar-refractivity contribution in [2.45, 2.75) is 32.4 Å². The van der Waals surface area contributed by atoms with Crippen molar-refractivity contribution in [1.29, 1.82) is 0 Å². The van der Waals surface area contributed by atoms with Crippen molar-refractivity contribution in [2.75, 3.05) is 11.9 Å². The lowest BCUT2D eigenvalue weighted by atomic mass is 9.97. The Bertz CT molecular complexity index is 349. The van der Waals surface area contributed by atoms with Crippen LogP contribution in [-0.4, -0.2) is 17.7 Å². The first-order chi connectivity index (χ1) is 7.16. The van der Waals surface area contributed by atoms with E-state index in [4.69, 9.17) is 0 Å². The van der Waals surface area contributed by atoms with Crippen LogP contribution in [0.1, 0.15) is 31.9 Å². The smallest absolute Gasteiger partial charge is 0.116 e. The molecule has 2 rings (SSSR count). The molecule has 3 N–H and O–H groups in total. The van der Waals surface area contributed by atoms with Crippen molar-refractivity contribution in [3.8, 4) is 5.75 Å². The van der Waals surface area contributed by atoms with Gasteiger partial charge in [-0.1, -0.05) is 13.8 Å². The summed E-state index contributed by atoms with van der Waals surface area (Å²) in [5.74, 6) is 0.341. The van der Waals surface area contributed by atoms with Gasteiger partial charge in [0, 0.05) is 24.3 Å². The number of fused-ring (bicyclic) bond motifs is 1. The highest BCUT2D eigenvalue weighted by molar-refractivity contribution is 5.57. The minimum absolute atomic E-state index is 0.341. The number of hydrogen-bond acceptors (Lipinski definition) is 3. The molecule has 82 valence electrons. The van der Waals surface area contributed by atoms with Crippen molar-refractivity contribution >= 4 is 5.69 Å². The van der Waals surface area contributed by atoms with Crippen LogP contribution in [0.25, 0.3) is 0 Å². The van der Waals surface area contributed by atoms with E-state index < -0.39 is 0 Å². The highest BCUT2D eigenvalue weighted by Gasteiger charge is 2.20. The fraction of sp³-hybridized carbons (Fsp3) is 0.500. The molecule has 0 fully saturated rings. The molecule has 3 heteroatoms. The van der Waals surface area contributed by atoms with Gasteiger partial charge in [0.15, 0.2) is 0 Å². The summed E-state index contributed by atoms with van der Waals surface area (Å²) in [6.45, 7) is 5.27. The normalized spacial score (nSPS) is 19.8. The number of rotatable bonds is 2. The zero-order valence-corrected chi connectivity index (χ0v) is 9.25. The molecule has 1 unspecified atom stereocenters. The Morgan fingerprint density at radius 2 is 2.27 bits per heavy atom. The van der Waals surface area contributed by atoms with Crippen LogP contribution < -0.4 is 10.6 Å². The van der Waals surface area contributed by atoms with E-state index in [1.165, 1.54) is 5.56 Å². The second-order valence-corrected chi connectivity index (χ2v) is 4.36. The van der Waals surface area contributed by atoms with Crippen LogP contribution in [0, 0.1) is 0 Å². The monoisotopic (exact) mass is 206 g/mol. The summed E-state index contributed by atoms with van der Waals surface area (Å²) < 4.78 is 0. The molecule has 0 saturated carbocycles. The average molecular weight is 206 g/mol. The second kappa shape index (κ2) is 4.11. The molecule has 0 spiro atoms. The zero-order chi connectivity index (χ0) is 10.8. The van der Waals surface area contributed by atoms with Gasteiger partial charge in [0.05, 0.1) is 0 Å².